The van der Waals surface area contributed by atoms with Crippen LogP contribution in [0.3, 0.4) is 0 Å². The number of hydrogen-bond acceptors (Lipinski definition) is 4. The first-order chi connectivity index (χ1) is 14.0. The first-order valence-electron chi connectivity index (χ1n) is 10.4. The van der Waals surface area contributed by atoms with Gasteiger partial charge in [0.1, 0.15) is 0 Å². The van der Waals surface area contributed by atoms with Crippen LogP contribution in [0.25, 0.3) is 0 Å². The van der Waals surface area contributed by atoms with Gasteiger partial charge in [0.2, 0.25) is 0 Å². The van der Waals surface area contributed by atoms with E-state index in [1.807, 2.05) is 29.9 Å². The van der Waals surface area contributed by atoms with Crippen LogP contribution < -0.4 is 20.1 Å². The second-order valence-electron chi connectivity index (χ2n) is 7.55. The molecule has 0 aliphatic carbocycles. The van der Waals surface area contributed by atoms with E-state index in [-0.39, 0.29) is 6.04 Å². The van der Waals surface area contributed by atoms with Crippen LogP contribution in [-0.2, 0) is 20.0 Å². The third-order valence-corrected chi connectivity index (χ3v) is 5.13. The van der Waals surface area contributed by atoms with Crippen LogP contribution in [0.1, 0.15) is 42.8 Å². The molecule has 1 aliphatic rings. The zero-order valence-electron chi connectivity index (χ0n) is 18.2. The summed E-state index contributed by atoms with van der Waals surface area (Å²) in [6, 6.07) is 6.28. The maximum absolute atomic E-state index is 5.79. The lowest BCUT2D eigenvalue weighted by Gasteiger charge is -2.18. The lowest BCUT2D eigenvalue weighted by Crippen LogP contribution is -2.43. The standard InChI is InChI=1S/C22H33N5O2/c1-6-23-22(25-15(2)12-19-16(3)26-27(5)17(19)4)24-14-18-8-9-20-21(13-18)29-11-7-10-28-20/h8-9,13,15H,6-7,10-12,14H2,1-5H3,(H2,23,24,25). The summed E-state index contributed by atoms with van der Waals surface area (Å²) in [5, 5.41) is 11.4. The Kier molecular flexibility index (Phi) is 7.01. The molecule has 29 heavy (non-hydrogen) atoms. The fourth-order valence-electron chi connectivity index (χ4n) is 3.50. The number of nitrogens with one attached hydrogen (secondary N) is 2. The number of fused-ring (bicyclic) bond motifs is 1. The summed E-state index contributed by atoms with van der Waals surface area (Å²) in [5.74, 6) is 2.44. The summed E-state index contributed by atoms with van der Waals surface area (Å²) < 4.78 is 13.4. The molecular weight excluding hydrogens is 366 g/mol. The number of ether oxygens (including phenoxy) is 2. The topological polar surface area (TPSA) is 72.7 Å². The number of hydrogen-bond donors (Lipinski definition) is 2. The first kappa shape index (κ1) is 21.0. The van der Waals surface area contributed by atoms with Gasteiger partial charge in [-0.15, -0.1) is 0 Å². The normalized spacial score (nSPS) is 15.0. The van der Waals surface area contributed by atoms with E-state index in [0.717, 1.165) is 48.1 Å². The van der Waals surface area contributed by atoms with Crippen LogP contribution in [0.4, 0.5) is 0 Å². The van der Waals surface area contributed by atoms with E-state index in [4.69, 9.17) is 14.5 Å². The summed E-state index contributed by atoms with van der Waals surface area (Å²) in [6.07, 6.45) is 1.81. The molecule has 158 valence electrons. The monoisotopic (exact) mass is 399 g/mol. The maximum atomic E-state index is 5.79. The first-order valence-corrected chi connectivity index (χ1v) is 10.4. The van der Waals surface area contributed by atoms with Crippen molar-refractivity contribution >= 4 is 5.96 Å². The molecule has 2 aromatic rings. The molecule has 0 spiro atoms. The number of nitrogens with zero attached hydrogens (tertiary/aromatic N) is 3. The number of aromatic nitrogens is 2. The molecule has 0 bridgehead atoms. The van der Waals surface area contributed by atoms with Crippen molar-refractivity contribution in [3.05, 3.63) is 40.7 Å². The Morgan fingerprint density at radius 2 is 2.00 bits per heavy atom. The van der Waals surface area contributed by atoms with Crippen molar-refractivity contribution in [2.75, 3.05) is 19.8 Å². The number of aryl methyl sites for hydroxylation is 2. The molecule has 0 saturated carbocycles. The van der Waals surface area contributed by atoms with Gasteiger partial charge in [0.15, 0.2) is 17.5 Å². The number of benzene rings is 1. The van der Waals surface area contributed by atoms with Gasteiger partial charge >= 0.3 is 0 Å². The highest BCUT2D eigenvalue weighted by atomic mass is 16.5. The third-order valence-electron chi connectivity index (χ3n) is 5.13. The second-order valence-corrected chi connectivity index (χ2v) is 7.55. The van der Waals surface area contributed by atoms with Gasteiger partial charge in [0.25, 0.3) is 0 Å². The lowest BCUT2D eigenvalue weighted by atomic mass is 10.1. The highest BCUT2D eigenvalue weighted by Crippen LogP contribution is 2.30. The minimum atomic E-state index is 0.234. The fourth-order valence-corrected chi connectivity index (χ4v) is 3.50. The Balaban J connectivity index is 1.65. The van der Waals surface area contributed by atoms with Gasteiger partial charge in [0.05, 0.1) is 25.5 Å². The van der Waals surface area contributed by atoms with Gasteiger partial charge in [-0.05, 0) is 57.4 Å². The van der Waals surface area contributed by atoms with Gasteiger partial charge in [-0.25, -0.2) is 4.99 Å². The molecular formula is C22H33N5O2. The average Bonchev–Trinajstić information content (AvgIpc) is 2.87. The molecule has 1 aliphatic heterocycles. The third kappa shape index (κ3) is 5.43. The van der Waals surface area contributed by atoms with Crippen molar-refractivity contribution in [1.29, 1.82) is 0 Å². The fraction of sp³-hybridized carbons (Fsp3) is 0.545. The van der Waals surface area contributed by atoms with Crippen molar-refractivity contribution in [2.24, 2.45) is 12.0 Å². The molecule has 0 fully saturated rings. The Hall–Kier alpha value is -2.70. The van der Waals surface area contributed by atoms with E-state index in [9.17, 15) is 0 Å². The van der Waals surface area contributed by atoms with Crippen molar-refractivity contribution in [1.82, 2.24) is 20.4 Å². The van der Waals surface area contributed by atoms with Crippen molar-refractivity contribution in [3.63, 3.8) is 0 Å². The van der Waals surface area contributed by atoms with Crippen molar-refractivity contribution in [3.8, 4) is 11.5 Å². The molecule has 7 heteroatoms. The molecule has 2 heterocycles. The molecule has 1 aromatic carbocycles. The van der Waals surface area contributed by atoms with E-state index >= 15 is 0 Å². The predicted molar refractivity (Wildman–Crippen MR) is 116 cm³/mol. The summed E-state index contributed by atoms with van der Waals surface area (Å²) in [7, 11) is 1.99. The van der Waals surface area contributed by atoms with Crippen LogP contribution in [0, 0.1) is 13.8 Å². The van der Waals surface area contributed by atoms with Crippen LogP contribution in [0.15, 0.2) is 23.2 Å². The molecule has 1 atom stereocenters. The highest BCUT2D eigenvalue weighted by Gasteiger charge is 2.14. The minimum absolute atomic E-state index is 0.234. The molecule has 3 rings (SSSR count). The summed E-state index contributed by atoms with van der Waals surface area (Å²) in [6.45, 7) is 11.2. The minimum Gasteiger partial charge on any atom is -0.490 e. The molecule has 0 radical (unpaired) electrons. The van der Waals surface area contributed by atoms with E-state index in [2.05, 4.69) is 43.4 Å². The van der Waals surface area contributed by atoms with E-state index < -0.39 is 0 Å². The average molecular weight is 400 g/mol. The molecule has 7 nitrogen and oxygen atoms in total. The Labute approximate surface area is 173 Å². The van der Waals surface area contributed by atoms with Gasteiger partial charge in [-0.1, -0.05) is 6.07 Å². The summed E-state index contributed by atoms with van der Waals surface area (Å²) in [5.41, 5.74) is 4.70. The van der Waals surface area contributed by atoms with Gasteiger partial charge in [-0.3, -0.25) is 4.68 Å². The van der Waals surface area contributed by atoms with Gasteiger partial charge in [-0.2, -0.15) is 5.10 Å². The van der Waals surface area contributed by atoms with Gasteiger partial charge < -0.3 is 20.1 Å². The quantitative estimate of drug-likeness (QED) is 0.577. The van der Waals surface area contributed by atoms with Crippen LogP contribution in [0.5, 0.6) is 11.5 Å². The lowest BCUT2D eigenvalue weighted by molar-refractivity contribution is 0.297. The number of aliphatic imine (C=N–C) groups is 1. The smallest absolute Gasteiger partial charge is 0.191 e. The van der Waals surface area contributed by atoms with E-state index in [0.29, 0.717) is 19.8 Å². The number of rotatable bonds is 6. The molecule has 0 amide bonds. The van der Waals surface area contributed by atoms with E-state index in [1.165, 1.54) is 11.3 Å². The second kappa shape index (κ2) is 9.67. The Bertz CT molecular complexity index is 859. The molecule has 1 aromatic heterocycles. The summed E-state index contributed by atoms with van der Waals surface area (Å²) in [4.78, 5) is 4.76. The highest BCUT2D eigenvalue weighted by molar-refractivity contribution is 5.80. The van der Waals surface area contributed by atoms with Crippen LogP contribution in [-0.4, -0.2) is 41.5 Å². The molecule has 1 unspecified atom stereocenters. The van der Waals surface area contributed by atoms with Crippen molar-refractivity contribution < 1.29 is 9.47 Å². The molecule has 0 saturated heterocycles. The maximum Gasteiger partial charge on any atom is 0.191 e. The Morgan fingerprint density at radius 1 is 1.24 bits per heavy atom. The van der Waals surface area contributed by atoms with Crippen LogP contribution in [0.2, 0.25) is 0 Å². The Morgan fingerprint density at radius 3 is 2.69 bits per heavy atom. The number of guanidine groups is 1. The predicted octanol–water partition coefficient (Wildman–Crippen LogP) is 2.88. The van der Waals surface area contributed by atoms with Crippen molar-refractivity contribution in [2.45, 2.75) is 53.1 Å². The largest absolute Gasteiger partial charge is 0.490 e. The van der Waals surface area contributed by atoms with Crippen LogP contribution >= 0.6 is 0 Å². The zero-order valence-corrected chi connectivity index (χ0v) is 18.2. The SMILES string of the molecule is CCNC(=NCc1ccc2c(c1)OCCCO2)NC(C)Cc1c(C)nn(C)c1C. The molecule has 2 N–H and O–H groups in total. The van der Waals surface area contributed by atoms with E-state index in [1.54, 1.807) is 0 Å². The van der Waals surface area contributed by atoms with Gasteiger partial charge in [0, 0.05) is 31.7 Å². The zero-order chi connectivity index (χ0) is 20.8. The summed E-state index contributed by atoms with van der Waals surface area (Å²) >= 11 is 0.